The number of carbonyl (C=O) groups is 1. The number of rotatable bonds is 6. The number of hydrogen-bond donors (Lipinski definition) is 1. The molecule has 2 aromatic carbocycles. The first kappa shape index (κ1) is 26.2. The average Bonchev–Trinajstić information content (AvgIpc) is 3.26. The lowest BCUT2D eigenvalue weighted by molar-refractivity contribution is -0.138. The molecule has 1 aliphatic heterocycles. The molecule has 0 saturated heterocycles. The van der Waals surface area contributed by atoms with Crippen molar-refractivity contribution in [3.63, 3.8) is 0 Å². The van der Waals surface area contributed by atoms with Gasteiger partial charge in [-0.05, 0) is 61.2 Å². The number of nitrogens with zero attached hydrogens (tertiary/aromatic N) is 4. The number of hydrogen-bond acceptors (Lipinski definition) is 6. The summed E-state index contributed by atoms with van der Waals surface area (Å²) in [6, 6.07) is 10.6. The molecule has 1 atom stereocenters. The molecule has 1 aromatic heterocycles. The van der Waals surface area contributed by atoms with Crippen LogP contribution in [0.3, 0.4) is 0 Å². The minimum absolute atomic E-state index is 0.00952. The quantitative estimate of drug-likeness (QED) is 0.328. The second kappa shape index (κ2) is 10.3. The molecule has 0 unspecified atom stereocenters. The third-order valence-electron chi connectivity index (χ3n) is 6.13. The fourth-order valence-corrected chi connectivity index (χ4v) is 4.77. The fraction of sp³-hybridized carbons (Fsp3) is 0.280. The Labute approximate surface area is 218 Å². The highest BCUT2D eigenvalue weighted by Gasteiger charge is 2.40. The highest BCUT2D eigenvalue weighted by atomic mass is 79.9. The van der Waals surface area contributed by atoms with E-state index in [2.05, 4.69) is 32.2 Å². The van der Waals surface area contributed by atoms with E-state index in [1.165, 1.54) is 28.7 Å². The van der Waals surface area contributed by atoms with Gasteiger partial charge in [-0.15, -0.1) is 5.10 Å². The number of ether oxygens (including phenoxy) is 1. The van der Waals surface area contributed by atoms with Crippen molar-refractivity contribution in [2.24, 2.45) is 0 Å². The zero-order chi connectivity index (χ0) is 26.9. The Bertz CT molecular complexity index is 1490. The first-order chi connectivity index (χ1) is 17.6. The zero-order valence-electron chi connectivity index (χ0n) is 19.8. The number of alkyl halides is 4. The smallest absolute Gasteiger partial charge is 0.416 e. The predicted octanol–water partition coefficient (Wildman–Crippen LogP) is 4.98. The van der Waals surface area contributed by atoms with Gasteiger partial charge < -0.3 is 4.74 Å². The summed E-state index contributed by atoms with van der Waals surface area (Å²) in [6.07, 6.45) is -3.34. The van der Waals surface area contributed by atoms with Crippen molar-refractivity contribution in [2.75, 3.05) is 17.3 Å². The molecule has 0 bridgehead atoms. The second-order valence-electron chi connectivity index (χ2n) is 8.29. The van der Waals surface area contributed by atoms with Crippen molar-refractivity contribution in [1.82, 2.24) is 14.8 Å². The number of esters is 1. The standard InChI is InChI=1S/C25H21BrF3N5O3/c1-14-20(22(35)37-2)21(19-9-8-15(13-30)11-16(19)5-4-10-26)34-23(31-32-24(34)36)33(14)18-7-3-6-17(12-18)25(27,28)29/h3,6-9,11-12,21H,4-5,10H2,1-2H3,(H,32,36)/t21-/m1/s1. The number of fused-ring (bicyclic) bond motifs is 1. The maximum Gasteiger partial charge on any atom is 0.416 e. The number of carbonyl (C=O) groups excluding carboxylic acids is 1. The van der Waals surface area contributed by atoms with Gasteiger partial charge in [0.15, 0.2) is 0 Å². The molecule has 0 amide bonds. The van der Waals surface area contributed by atoms with E-state index >= 15 is 0 Å². The highest BCUT2D eigenvalue weighted by Crippen LogP contribution is 2.43. The lowest BCUT2D eigenvalue weighted by atomic mass is 9.88. The van der Waals surface area contributed by atoms with Gasteiger partial charge in [0.25, 0.3) is 0 Å². The van der Waals surface area contributed by atoms with Gasteiger partial charge in [-0.25, -0.2) is 19.3 Å². The van der Waals surface area contributed by atoms with Crippen molar-refractivity contribution in [3.05, 3.63) is 86.5 Å². The predicted molar refractivity (Wildman–Crippen MR) is 133 cm³/mol. The maximum absolute atomic E-state index is 13.5. The number of nitrogens with one attached hydrogen (secondary N) is 1. The van der Waals surface area contributed by atoms with Crippen LogP contribution in [0.4, 0.5) is 24.8 Å². The number of halogens is 4. The zero-order valence-corrected chi connectivity index (χ0v) is 21.4. The Morgan fingerprint density at radius 2 is 2.03 bits per heavy atom. The van der Waals surface area contributed by atoms with Crippen LogP contribution in [-0.2, 0) is 22.1 Å². The third kappa shape index (κ3) is 4.79. The number of aryl methyl sites for hydroxylation is 1. The summed E-state index contributed by atoms with van der Waals surface area (Å²) in [5.74, 6) is -0.746. The van der Waals surface area contributed by atoms with Gasteiger partial charge in [-0.3, -0.25) is 4.90 Å². The Hall–Kier alpha value is -3.85. The number of anilines is 2. The number of benzene rings is 2. The van der Waals surface area contributed by atoms with Crippen LogP contribution in [-0.4, -0.2) is 33.2 Å². The molecule has 0 aliphatic carbocycles. The van der Waals surface area contributed by atoms with E-state index in [0.29, 0.717) is 29.3 Å². The summed E-state index contributed by atoms with van der Waals surface area (Å²) < 4.78 is 46.7. The van der Waals surface area contributed by atoms with E-state index in [-0.39, 0.29) is 22.9 Å². The molecule has 0 spiro atoms. The molecule has 4 rings (SSSR count). The molecule has 12 heteroatoms. The Morgan fingerprint density at radius 1 is 1.27 bits per heavy atom. The number of H-pyrrole nitrogens is 1. The lowest BCUT2D eigenvalue weighted by Crippen LogP contribution is -2.38. The van der Waals surface area contributed by atoms with E-state index in [1.807, 2.05) is 0 Å². The minimum Gasteiger partial charge on any atom is -0.466 e. The summed E-state index contributed by atoms with van der Waals surface area (Å²) in [4.78, 5) is 27.5. The summed E-state index contributed by atoms with van der Waals surface area (Å²) in [5, 5.41) is 16.6. The molecule has 2 heterocycles. The Kier molecular flexibility index (Phi) is 7.27. The van der Waals surface area contributed by atoms with Gasteiger partial charge in [0.2, 0.25) is 5.95 Å². The largest absolute Gasteiger partial charge is 0.466 e. The summed E-state index contributed by atoms with van der Waals surface area (Å²) in [5.41, 5.74) is 0.535. The molecular weight excluding hydrogens is 555 g/mol. The molecule has 0 saturated carbocycles. The van der Waals surface area contributed by atoms with Crippen LogP contribution in [0.15, 0.2) is 58.5 Å². The third-order valence-corrected chi connectivity index (χ3v) is 6.69. The van der Waals surface area contributed by atoms with Crippen LogP contribution in [0.2, 0.25) is 0 Å². The van der Waals surface area contributed by atoms with Crippen molar-refractivity contribution >= 4 is 33.5 Å². The molecule has 1 aliphatic rings. The Balaban J connectivity index is 2.01. The number of aromatic nitrogens is 3. The van der Waals surface area contributed by atoms with E-state index < -0.39 is 29.4 Å². The maximum atomic E-state index is 13.5. The fourth-order valence-electron chi connectivity index (χ4n) is 4.49. The average molecular weight is 576 g/mol. The molecule has 0 radical (unpaired) electrons. The molecular formula is C25H21BrF3N5O3. The van der Waals surface area contributed by atoms with E-state index in [4.69, 9.17) is 4.74 Å². The second-order valence-corrected chi connectivity index (χ2v) is 9.09. The number of methoxy groups -OCH3 is 1. The SMILES string of the molecule is COC(=O)C1=C(C)N(c2cccc(C(F)(F)F)c2)c2n[nH]c(=O)n2[C@@H]1c1ccc(C#N)cc1CCCBr. The lowest BCUT2D eigenvalue weighted by Gasteiger charge is -2.36. The topological polar surface area (TPSA) is 104 Å². The van der Waals surface area contributed by atoms with E-state index in [9.17, 15) is 28.0 Å². The monoisotopic (exact) mass is 575 g/mol. The molecule has 37 heavy (non-hydrogen) atoms. The molecule has 8 nitrogen and oxygen atoms in total. The molecule has 192 valence electrons. The van der Waals surface area contributed by atoms with Crippen LogP contribution in [0, 0.1) is 11.3 Å². The highest BCUT2D eigenvalue weighted by molar-refractivity contribution is 9.09. The van der Waals surface area contributed by atoms with Crippen LogP contribution in [0.25, 0.3) is 0 Å². The Morgan fingerprint density at radius 3 is 2.68 bits per heavy atom. The number of allylic oxidation sites excluding steroid dienone is 1. The van der Waals surface area contributed by atoms with Crippen molar-refractivity contribution in [2.45, 2.75) is 32.0 Å². The van der Waals surface area contributed by atoms with Gasteiger partial charge in [-0.2, -0.15) is 18.4 Å². The van der Waals surface area contributed by atoms with Gasteiger partial charge in [-0.1, -0.05) is 28.1 Å². The molecule has 3 aromatic rings. The van der Waals surface area contributed by atoms with Crippen LogP contribution < -0.4 is 10.6 Å². The summed E-state index contributed by atoms with van der Waals surface area (Å²) in [7, 11) is 1.19. The van der Waals surface area contributed by atoms with Crippen molar-refractivity contribution < 1.29 is 22.7 Å². The van der Waals surface area contributed by atoms with E-state index in [0.717, 1.165) is 17.7 Å². The number of aromatic amines is 1. The van der Waals surface area contributed by atoms with Crippen LogP contribution in [0.1, 0.15) is 41.6 Å². The van der Waals surface area contributed by atoms with Crippen molar-refractivity contribution in [3.8, 4) is 6.07 Å². The first-order valence-electron chi connectivity index (χ1n) is 11.1. The van der Waals surface area contributed by atoms with Gasteiger partial charge in [0.05, 0.1) is 29.9 Å². The molecule has 1 N–H and O–H groups in total. The number of nitriles is 1. The summed E-state index contributed by atoms with van der Waals surface area (Å²) in [6.45, 7) is 1.56. The first-order valence-corrected chi connectivity index (χ1v) is 12.3. The van der Waals surface area contributed by atoms with E-state index in [1.54, 1.807) is 25.1 Å². The van der Waals surface area contributed by atoms with Crippen molar-refractivity contribution in [1.29, 1.82) is 5.26 Å². The van der Waals surface area contributed by atoms with Gasteiger partial charge >= 0.3 is 17.8 Å². The van der Waals surface area contributed by atoms with Gasteiger partial charge in [0.1, 0.15) is 6.04 Å². The molecule has 0 fully saturated rings. The van der Waals surface area contributed by atoms with Gasteiger partial charge in [0, 0.05) is 16.7 Å². The normalized spacial score (nSPS) is 15.4. The van der Waals surface area contributed by atoms with Crippen LogP contribution >= 0.6 is 15.9 Å². The summed E-state index contributed by atoms with van der Waals surface area (Å²) >= 11 is 3.40. The van der Waals surface area contributed by atoms with Crippen LogP contribution in [0.5, 0.6) is 0 Å². The minimum atomic E-state index is -4.60.